The lowest BCUT2D eigenvalue weighted by Gasteiger charge is -2.15. The van der Waals surface area contributed by atoms with E-state index in [-0.39, 0.29) is 11.3 Å². The fourth-order valence-electron chi connectivity index (χ4n) is 2.95. The maximum atomic E-state index is 13.6. The van der Waals surface area contributed by atoms with Crippen LogP contribution in [0.3, 0.4) is 0 Å². The van der Waals surface area contributed by atoms with Gasteiger partial charge in [-0.1, -0.05) is 42.5 Å². The Bertz CT molecular complexity index is 626. The molecule has 1 heterocycles. The van der Waals surface area contributed by atoms with Gasteiger partial charge in [0, 0.05) is 6.54 Å². The molecule has 0 aliphatic carbocycles. The molecule has 0 N–H and O–H groups in total. The van der Waals surface area contributed by atoms with Crippen LogP contribution in [0.4, 0.5) is 4.39 Å². The Kier molecular flexibility index (Phi) is 4.11. The lowest BCUT2D eigenvalue weighted by Crippen LogP contribution is -2.28. The number of carbonyl (C=O) groups is 1. The maximum absolute atomic E-state index is 13.6. The smallest absolute Gasteiger partial charge is 0.179 e. The Labute approximate surface area is 124 Å². The summed E-state index contributed by atoms with van der Waals surface area (Å²) in [6.45, 7) is 2.05. The first kappa shape index (κ1) is 14.0. The molecule has 108 valence electrons. The highest BCUT2D eigenvalue weighted by Crippen LogP contribution is 2.27. The third-order valence-electron chi connectivity index (χ3n) is 4.08. The SMILES string of the molecule is O=C(CN1CCC(c2ccccc2)C1)c1ccccc1F. The molecule has 0 aromatic heterocycles. The maximum Gasteiger partial charge on any atom is 0.179 e. The van der Waals surface area contributed by atoms with Crippen LogP contribution in [0.5, 0.6) is 0 Å². The summed E-state index contributed by atoms with van der Waals surface area (Å²) in [6.07, 6.45) is 1.05. The van der Waals surface area contributed by atoms with Crippen LogP contribution in [0.25, 0.3) is 0 Å². The predicted molar refractivity (Wildman–Crippen MR) is 81.0 cm³/mol. The molecule has 1 aliphatic heterocycles. The first-order valence-corrected chi connectivity index (χ1v) is 7.29. The van der Waals surface area contributed by atoms with Gasteiger partial charge in [-0.2, -0.15) is 0 Å². The lowest BCUT2D eigenvalue weighted by molar-refractivity contribution is 0.0940. The second-order valence-electron chi connectivity index (χ2n) is 5.53. The summed E-state index contributed by atoms with van der Waals surface area (Å²) in [5.41, 5.74) is 1.51. The van der Waals surface area contributed by atoms with Crippen LogP contribution in [0.2, 0.25) is 0 Å². The summed E-state index contributed by atoms with van der Waals surface area (Å²) in [4.78, 5) is 14.3. The molecule has 1 aliphatic rings. The minimum absolute atomic E-state index is 0.137. The molecule has 2 aromatic carbocycles. The van der Waals surface area contributed by atoms with Crippen LogP contribution >= 0.6 is 0 Å². The zero-order valence-corrected chi connectivity index (χ0v) is 11.8. The summed E-state index contributed by atoms with van der Waals surface area (Å²) in [5.74, 6) is -0.0947. The zero-order chi connectivity index (χ0) is 14.7. The number of halogens is 1. The van der Waals surface area contributed by atoms with Crippen molar-refractivity contribution < 1.29 is 9.18 Å². The van der Waals surface area contributed by atoms with Crippen molar-refractivity contribution in [2.75, 3.05) is 19.6 Å². The van der Waals surface area contributed by atoms with E-state index >= 15 is 0 Å². The van der Waals surface area contributed by atoms with Crippen molar-refractivity contribution in [1.29, 1.82) is 0 Å². The van der Waals surface area contributed by atoms with Crippen molar-refractivity contribution in [2.45, 2.75) is 12.3 Å². The summed E-state index contributed by atoms with van der Waals surface area (Å²) in [7, 11) is 0. The molecule has 1 fully saturated rings. The number of rotatable bonds is 4. The molecule has 0 saturated carbocycles. The molecule has 3 rings (SSSR count). The monoisotopic (exact) mass is 283 g/mol. The highest BCUT2D eigenvalue weighted by atomic mass is 19.1. The van der Waals surface area contributed by atoms with Gasteiger partial charge in [0.15, 0.2) is 5.78 Å². The molecule has 0 amide bonds. The first-order chi connectivity index (χ1) is 10.2. The van der Waals surface area contributed by atoms with Crippen LogP contribution in [0.15, 0.2) is 54.6 Å². The summed E-state index contributed by atoms with van der Waals surface area (Å²) < 4.78 is 13.6. The number of Topliss-reactive ketones (excluding diaryl/α,β-unsaturated/α-hetero) is 1. The standard InChI is InChI=1S/C18H18FNO/c19-17-9-5-4-8-16(17)18(21)13-20-11-10-15(12-20)14-6-2-1-3-7-14/h1-9,15H,10-13H2. The predicted octanol–water partition coefficient (Wildman–Crippen LogP) is 3.50. The van der Waals surface area contributed by atoms with Crippen molar-refractivity contribution in [3.63, 3.8) is 0 Å². The Hall–Kier alpha value is -2.00. The van der Waals surface area contributed by atoms with Crippen LogP contribution in [0, 0.1) is 5.82 Å². The second kappa shape index (κ2) is 6.19. The van der Waals surface area contributed by atoms with E-state index in [1.807, 2.05) is 18.2 Å². The average Bonchev–Trinajstić information content (AvgIpc) is 2.97. The molecule has 0 radical (unpaired) electrons. The van der Waals surface area contributed by atoms with Crippen molar-refractivity contribution >= 4 is 5.78 Å². The van der Waals surface area contributed by atoms with Gasteiger partial charge in [0.1, 0.15) is 5.82 Å². The molecule has 1 atom stereocenters. The van der Waals surface area contributed by atoms with E-state index < -0.39 is 5.82 Å². The molecular formula is C18H18FNO. The highest BCUT2D eigenvalue weighted by molar-refractivity contribution is 5.97. The Balaban J connectivity index is 1.63. The minimum atomic E-state index is -0.429. The van der Waals surface area contributed by atoms with Gasteiger partial charge >= 0.3 is 0 Å². The minimum Gasteiger partial charge on any atom is -0.295 e. The third-order valence-corrected chi connectivity index (χ3v) is 4.08. The van der Waals surface area contributed by atoms with Crippen molar-refractivity contribution in [3.05, 3.63) is 71.5 Å². The molecule has 3 heteroatoms. The fourth-order valence-corrected chi connectivity index (χ4v) is 2.95. The van der Waals surface area contributed by atoms with Gasteiger partial charge in [-0.15, -0.1) is 0 Å². The van der Waals surface area contributed by atoms with Gasteiger partial charge < -0.3 is 0 Å². The number of benzene rings is 2. The summed E-state index contributed by atoms with van der Waals surface area (Å²) in [5, 5.41) is 0. The number of hydrogen-bond donors (Lipinski definition) is 0. The largest absolute Gasteiger partial charge is 0.295 e. The molecule has 1 saturated heterocycles. The van der Waals surface area contributed by atoms with Crippen LogP contribution in [-0.4, -0.2) is 30.3 Å². The topological polar surface area (TPSA) is 20.3 Å². The second-order valence-corrected chi connectivity index (χ2v) is 5.53. The number of nitrogens with zero attached hydrogens (tertiary/aromatic N) is 1. The summed E-state index contributed by atoms with van der Waals surface area (Å²) >= 11 is 0. The Morgan fingerprint density at radius 1 is 1.10 bits per heavy atom. The number of ketones is 1. The average molecular weight is 283 g/mol. The van der Waals surface area contributed by atoms with Gasteiger partial charge in [0.2, 0.25) is 0 Å². The normalized spacial score (nSPS) is 18.8. The van der Waals surface area contributed by atoms with E-state index in [9.17, 15) is 9.18 Å². The molecule has 2 nitrogen and oxygen atoms in total. The van der Waals surface area contributed by atoms with Crippen molar-refractivity contribution in [1.82, 2.24) is 4.90 Å². The molecule has 2 aromatic rings. The first-order valence-electron chi connectivity index (χ1n) is 7.29. The van der Waals surface area contributed by atoms with Crippen LogP contribution in [-0.2, 0) is 0 Å². The zero-order valence-electron chi connectivity index (χ0n) is 11.8. The van der Waals surface area contributed by atoms with E-state index in [4.69, 9.17) is 0 Å². The number of hydrogen-bond acceptors (Lipinski definition) is 2. The fraction of sp³-hybridized carbons (Fsp3) is 0.278. The van der Waals surface area contributed by atoms with E-state index in [0.717, 1.165) is 19.5 Å². The van der Waals surface area contributed by atoms with Gasteiger partial charge in [-0.25, -0.2) is 4.39 Å². The van der Waals surface area contributed by atoms with E-state index in [0.29, 0.717) is 12.5 Å². The molecule has 21 heavy (non-hydrogen) atoms. The van der Waals surface area contributed by atoms with Gasteiger partial charge in [0.25, 0.3) is 0 Å². The van der Waals surface area contributed by atoms with Gasteiger partial charge in [0.05, 0.1) is 12.1 Å². The van der Waals surface area contributed by atoms with Crippen molar-refractivity contribution in [2.24, 2.45) is 0 Å². The number of likely N-dealkylation sites (tertiary alicyclic amines) is 1. The third kappa shape index (κ3) is 3.19. The van der Waals surface area contributed by atoms with Crippen molar-refractivity contribution in [3.8, 4) is 0 Å². The van der Waals surface area contributed by atoms with E-state index in [1.54, 1.807) is 18.2 Å². The van der Waals surface area contributed by atoms with E-state index in [2.05, 4.69) is 17.0 Å². The Morgan fingerprint density at radius 2 is 1.81 bits per heavy atom. The van der Waals surface area contributed by atoms with E-state index in [1.165, 1.54) is 11.6 Å². The molecule has 1 unspecified atom stereocenters. The molecular weight excluding hydrogens is 265 g/mol. The van der Waals surface area contributed by atoms with Crippen LogP contribution in [0.1, 0.15) is 28.3 Å². The Morgan fingerprint density at radius 3 is 2.57 bits per heavy atom. The quantitative estimate of drug-likeness (QED) is 0.800. The van der Waals surface area contributed by atoms with Gasteiger partial charge in [-0.05, 0) is 36.6 Å². The summed E-state index contributed by atoms with van der Waals surface area (Å²) in [6, 6.07) is 16.6. The number of carbonyl (C=O) groups excluding carboxylic acids is 1. The molecule has 0 spiro atoms. The lowest BCUT2D eigenvalue weighted by atomic mass is 9.99. The molecule has 0 bridgehead atoms. The van der Waals surface area contributed by atoms with Gasteiger partial charge in [-0.3, -0.25) is 9.69 Å². The van der Waals surface area contributed by atoms with Crippen LogP contribution < -0.4 is 0 Å². The highest BCUT2D eigenvalue weighted by Gasteiger charge is 2.25.